The zero-order valence-electron chi connectivity index (χ0n) is 14.1. The van der Waals surface area contributed by atoms with Crippen molar-refractivity contribution in [1.82, 2.24) is 14.8 Å². The van der Waals surface area contributed by atoms with Gasteiger partial charge in [-0.05, 0) is 36.4 Å². The Kier molecular flexibility index (Phi) is 4.81. The summed E-state index contributed by atoms with van der Waals surface area (Å²) in [7, 11) is 0. The first-order valence-corrected chi connectivity index (χ1v) is 9.32. The summed E-state index contributed by atoms with van der Waals surface area (Å²) in [5.74, 6) is 0.407. The van der Waals surface area contributed by atoms with Crippen LogP contribution in [-0.2, 0) is 6.54 Å². The monoisotopic (exact) mass is 371 g/mol. The minimum atomic E-state index is -0.330. The predicted octanol–water partition coefficient (Wildman–Crippen LogP) is 3.50. The van der Waals surface area contributed by atoms with Crippen molar-refractivity contribution in [3.63, 3.8) is 0 Å². The van der Waals surface area contributed by atoms with Crippen LogP contribution in [0.4, 0.5) is 4.39 Å². The first-order valence-electron chi connectivity index (χ1n) is 8.44. The average molecular weight is 371 g/mol. The minimum absolute atomic E-state index is 0.0426. The molecule has 0 radical (unpaired) electrons. The van der Waals surface area contributed by atoms with Crippen LogP contribution in [0.1, 0.15) is 15.4 Å². The number of thiazole rings is 1. The maximum atomic E-state index is 13.0. The zero-order chi connectivity index (χ0) is 17.9. The van der Waals surface area contributed by atoms with E-state index >= 15 is 0 Å². The molecule has 7 heteroatoms. The van der Waals surface area contributed by atoms with Crippen molar-refractivity contribution < 1.29 is 13.6 Å². The Balaban J connectivity index is 1.32. The predicted molar refractivity (Wildman–Crippen MR) is 97.4 cm³/mol. The van der Waals surface area contributed by atoms with Crippen molar-refractivity contribution in [3.8, 4) is 11.5 Å². The molecule has 0 unspecified atom stereocenters. The number of nitrogens with zero attached hydrogens (tertiary/aromatic N) is 3. The molecule has 1 aliphatic heterocycles. The number of aromatic nitrogens is 1. The Morgan fingerprint density at radius 3 is 2.62 bits per heavy atom. The van der Waals surface area contributed by atoms with Crippen molar-refractivity contribution in [1.29, 1.82) is 0 Å². The molecular formula is C19H18FN3O2S. The number of rotatable bonds is 4. The quantitative estimate of drug-likeness (QED) is 0.704. The molecule has 0 spiro atoms. The number of amides is 1. The van der Waals surface area contributed by atoms with Gasteiger partial charge in [-0.15, -0.1) is 11.3 Å². The van der Waals surface area contributed by atoms with Gasteiger partial charge in [-0.2, -0.15) is 0 Å². The zero-order valence-corrected chi connectivity index (χ0v) is 14.9. The molecule has 1 saturated heterocycles. The van der Waals surface area contributed by atoms with E-state index in [1.807, 2.05) is 22.4 Å². The molecule has 5 nitrogen and oxygen atoms in total. The number of hydrogen-bond donors (Lipinski definition) is 0. The molecule has 26 heavy (non-hydrogen) atoms. The molecule has 0 aliphatic carbocycles. The van der Waals surface area contributed by atoms with E-state index < -0.39 is 0 Å². The first-order chi connectivity index (χ1) is 12.7. The molecule has 2 aromatic heterocycles. The molecule has 0 saturated carbocycles. The number of carbonyl (C=O) groups excluding carboxylic acids is 1. The van der Waals surface area contributed by atoms with Crippen LogP contribution in [0.25, 0.3) is 11.5 Å². The van der Waals surface area contributed by atoms with Gasteiger partial charge in [-0.25, -0.2) is 9.37 Å². The van der Waals surface area contributed by atoms with Crippen molar-refractivity contribution >= 4 is 17.2 Å². The van der Waals surface area contributed by atoms with Crippen LogP contribution in [-0.4, -0.2) is 46.9 Å². The molecule has 3 heterocycles. The average Bonchev–Trinajstić information content (AvgIpc) is 3.34. The third kappa shape index (κ3) is 3.68. The summed E-state index contributed by atoms with van der Waals surface area (Å²) in [4.78, 5) is 21.2. The van der Waals surface area contributed by atoms with Crippen molar-refractivity contribution in [2.45, 2.75) is 6.54 Å². The smallest absolute Gasteiger partial charge is 0.253 e. The van der Waals surface area contributed by atoms with E-state index in [2.05, 4.69) is 9.88 Å². The van der Waals surface area contributed by atoms with Crippen molar-refractivity contribution in [3.05, 3.63) is 64.4 Å². The number of furan rings is 1. The SMILES string of the molecule is O=C(c1ccc(F)cc1)N1CCN(Cc2nc(-c3ccco3)cs2)CC1. The summed E-state index contributed by atoms with van der Waals surface area (Å²) in [5.41, 5.74) is 1.39. The highest BCUT2D eigenvalue weighted by Crippen LogP contribution is 2.23. The molecular weight excluding hydrogens is 353 g/mol. The Morgan fingerprint density at radius 1 is 1.15 bits per heavy atom. The summed E-state index contributed by atoms with van der Waals surface area (Å²) < 4.78 is 18.4. The number of piperazine rings is 1. The second-order valence-electron chi connectivity index (χ2n) is 6.18. The highest BCUT2D eigenvalue weighted by Gasteiger charge is 2.23. The maximum Gasteiger partial charge on any atom is 0.253 e. The topological polar surface area (TPSA) is 49.6 Å². The van der Waals surface area contributed by atoms with Gasteiger partial charge in [0, 0.05) is 37.1 Å². The van der Waals surface area contributed by atoms with E-state index in [1.54, 1.807) is 17.6 Å². The van der Waals surface area contributed by atoms with Gasteiger partial charge in [0.2, 0.25) is 0 Å². The summed E-state index contributed by atoms with van der Waals surface area (Å²) >= 11 is 1.62. The fourth-order valence-corrected chi connectivity index (χ4v) is 3.82. The third-order valence-electron chi connectivity index (χ3n) is 4.43. The van der Waals surface area contributed by atoms with Crippen molar-refractivity contribution in [2.75, 3.05) is 26.2 Å². The molecule has 4 rings (SSSR count). The summed E-state index contributed by atoms with van der Waals surface area (Å²) in [5, 5.41) is 3.04. The fraction of sp³-hybridized carbons (Fsp3) is 0.263. The number of halogens is 1. The van der Waals surface area contributed by atoms with Gasteiger partial charge in [0.05, 0.1) is 12.8 Å². The van der Waals surface area contributed by atoms with Crippen LogP contribution in [0.3, 0.4) is 0 Å². The van der Waals surface area contributed by atoms with Crippen LogP contribution in [0.2, 0.25) is 0 Å². The minimum Gasteiger partial charge on any atom is -0.463 e. The molecule has 3 aromatic rings. The Labute approximate surface area is 154 Å². The lowest BCUT2D eigenvalue weighted by atomic mass is 10.2. The van der Waals surface area contributed by atoms with E-state index in [1.165, 1.54) is 24.3 Å². The maximum absolute atomic E-state index is 13.0. The lowest BCUT2D eigenvalue weighted by molar-refractivity contribution is 0.0628. The normalized spacial score (nSPS) is 15.3. The van der Waals surface area contributed by atoms with Gasteiger partial charge in [0.1, 0.15) is 16.5 Å². The highest BCUT2D eigenvalue weighted by molar-refractivity contribution is 7.09. The van der Waals surface area contributed by atoms with Crippen LogP contribution < -0.4 is 0 Å². The van der Waals surface area contributed by atoms with Crippen molar-refractivity contribution in [2.24, 2.45) is 0 Å². The Morgan fingerprint density at radius 2 is 1.92 bits per heavy atom. The van der Waals surface area contributed by atoms with Gasteiger partial charge in [0.25, 0.3) is 5.91 Å². The lowest BCUT2D eigenvalue weighted by Crippen LogP contribution is -2.48. The van der Waals surface area contributed by atoms with Gasteiger partial charge in [-0.1, -0.05) is 0 Å². The molecule has 0 N–H and O–H groups in total. The van der Waals surface area contributed by atoms with Crippen LogP contribution in [0.15, 0.2) is 52.5 Å². The fourth-order valence-electron chi connectivity index (χ4n) is 3.00. The summed E-state index contributed by atoms with van der Waals surface area (Å²) in [6.45, 7) is 3.68. The lowest BCUT2D eigenvalue weighted by Gasteiger charge is -2.34. The van der Waals surface area contributed by atoms with Crippen LogP contribution in [0.5, 0.6) is 0 Å². The van der Waals surface area contributed by atoms with E-state index in [-0.39, 0.29) is 11.7 Å². The van der Waals surface area contributed by atoms with E-state index in [0.717, 1.165) is 36.1 Å². The third-order valence-corrected chi connectivity index (χ3v) is 5.27. The molecule has 1 aromatic carbocycles. The van der Waals surface area contributed by atoms with Gasteiger partial charge < -0.3 is 9.32 Å². The molecule has 0 bridgehead atoms. The second kappa shape index (κ2) is 7.39. The van der Waals surface area contributed by atoms with E-state index in [0.29, 0.717) is 18.7 Å². The molecule has 1 amide bonds. The van der Waals surface area contributed by atoms with Gasteiger partial charge in [0.15, 0.2) is 5.76 Å². The summed E-state index contributed by atoms with van der Waals surface area (Å²) in [6.07, 6.45) is 1.64. The van der Waals surface area contributed by atoms with Gasteiger partial charge >= 0.3 is 0 Å². The van der Waals surface area contributed by atoms with E-state index in [4.69, 9.17) is 4.42 Å². The van der Waals surface area contributed by atoms with Gasteiger partial charge in [-0.3, -0.25) is 9.69 Å². The second-order valence-corrected chi connectivity index (χ2v) is 7.12. The highest BCUT2D eigenvalue weighted by atomic mass is 32.1. The number of hydrogen-bond acceptors (Lipinski definition) is 5. The summed E-state index contributed by atoms with van der Waals surface area (Å²) in [6, 6.07) is 9.47. The Hall–Kier alpha value is -2.51. The molecule has 0 atom stereocenters. The van der Waals surface area contributed by atoms with Crippen LogP contribution in [0, 0.1) is 5.82 Å². The Bertz CT molecular complexity index is 869. The number of carbonyl (C=O) groups is 1. The first kappa shape index (κ1) is 16.9. The standard InChI is InChI=1S/C19H18FN3O2S/c20-15-5-3-14(4-6-15)19(24)23-9-7-22(8-10-23)12-18-21-16(13-26-18)17-2-1-11-25-17/h1-6,11,13H,7-10,12H2. The molecule has 134 valence electrons. The van der Waals surface area contributed by atoms with E-state index in [9.17, 15) is 9.18 Å². The molecule has 1 fully saturated rings. The number of benzene rings is 1. The molecule has 1 aliphatic rings. The van der Waals surface area contributed by atoms with Crippen LogP contribution >= 0.6 is 11.3 Å². The largest absolute Gasteiger partial charge is 0.463 e.